The average Bonchev–Trinajstić information content (AvgIpc) is 2.30. The Morgan fingerprint density at radius 3 is 2.61 bits per heavy atom. The van der Waals surface area contributed by atoms with Crippen LogP contribution in [-0.2, 0) is 4.79 Å². The van der Waals surface area contributed by atoms with E-state index in [1.807, 2.05) is 0 Å². The lowest BCUT2D eigenvalue weighted by Gasteiger charge is -2.29. The van der Waals surface area contributed by atoms with Gasteiger partial charge in [0.15, 0.2) is 0 Å². The van der Waals surface area contributed by atoms with E-state index >= 15 is 0 Å². The fraction of sp³-hybridized carbons (Fsp3) is 0.929. The Labute approximate surface area is 110 Å². The summed E-state index contributed by atoms with van der Waals surface area (Å²) in [4.78, 5) is 11.9. The third-order valence-corrected chi connectivity index (χ3v) is 3.93. The van der Waals surface area contributed by atoms with Crippen molar-refractivity contribution in [3.05, 3.63) is 0 Å². The monoisotopic (exact) mass is 256 g/mol. The van der Waals surface area contributed by atoms with E-state index in [-0.39, 0.29) is 23.5 Å². The van der Waals surface area contributed by atoms with Crippen LogP contribution < -0.4 is 11.1 Å². The molecule has 18 heavy (non-hydrogen) atoms. The summed E-state index contributed by atoms with van der Waals surface area (Å²) in [5, 5.41) is 12.8. The van der Waals surface area contributed by atoms with E-state index in [1.54, 1.807) is 0 Å². The predicted molar refractivity (Wildman–Crippen MR) is 73.1 cm³/mol. The van der Waals surface area contributed by atoms with Crippen LogP contribution in [0.25, 0.3) is 0 Å². The highest BCUT2D eigenvalue weighted by atomic mass is 16.3. The predicted octanol–water partition coefficient (Wildman–Crippen LogP) is 1.56. The molecular formula is C14H28N2O2. The fourth-order valence-electron chi connectivity index (χ4n) is 2.53. The minimum absolute atomic E-state index is 0.0381. The van der Waals surface area contributed by atoms with Crippen LogP contribution in [0.2, 0.25) is 0 Å². The lowest BCUT2D eigenvalue weighted by molar-refractivity contribution is -0.123. The van der Waals surface area contributed by atoms with E-state index in [2.05, 4.69) is 19.2 Å². The molecule has 0 aliphatic heterocycles. The van der Waals surface area contributed by atoms with E-state index in [0.29, 0.717) is 13.0 Å². The highest BCUT2D eigenvalue weighted by molar-refractivity contribution is 5.76. The van der Waals surface area contributed by atoms with Crippen LogP contribution in [0.1, 0.15) is 58.8 Å². The summed E-state index contributed by atoms with van der Waals surface area (Å²) in [6.07, 6.45) is 5.82. The van der Waals surface area contributed by atoms with Gasteiger partial charge in [0.1, 0.15) is 0 Å². The van der Waals surface area contributed by atoms with Gasteiger partial charge >= 0.3 is 0 Å². The molecule has 0 aromatic carbocycles. The number of carbonyl (C=O) groups excluding carboxylic acids is 1. The van der Waals surface area contributed by atoms with Gasteiger partial charge in [-0.2, -0.15) is 0 Å². The van der Waals surface area contributed by atoms with Gasteiger partial charge in [-0.3, -0.25) is 4.79 Å². The van der Waals surface area contributed by atoms with Crippen molar-refractivity contribution >= 4 is 5.91 Å². The third-order valence-electron chi connectivity index (χ3n) is 3.93. The van der Waals surface area contributed by atoms with Crippen LogP contribution in [0.15, 0.2) is 0 Å². The molecule has 1 saturated carbocycles. The molecule has 1 aliphatic carbocycles. The summed E-state index contributed by atoms with van der Waals surface area (Å²) in [5.74, 6) is 0.0612. The number of amides is 1. The zero-order valence-corrected chi connectivity index (χ0v) is 11.7. The molecule has 0 spiro atoms. The number of nitrogens with two attached hydrogens (primary N) is 1. The highest BCUT2D eigenvalue weighted by Gasteiger charge is 2.25. The first kappa shape index (κ1) is 15.4. The summed E-state index contributed by atoms with van der Waals surface area (Å²) in [6, 6.07) is -0.0381. The molecule has 106 valence electrons. The molecule has 0 aromatic heterocycles. The number of rotatable bonds is 6. The molecule has 0 heterocycles. The minimum Gasteiger partial charge on any atom is -0.391 e. The van der Waals surface area contributed by atoms with Crippen LogP contribution in [0, 0.1) is 5.41 Å². The van der Waals surface area contributed by atoms with Crippen LogP contribution in [0.3, 0.4) is 0 Å². The number of nitrogens with one attached hydrogen (secondary N) is 1. The zero-order valence-electron chi connectivity index (χ0n) is 11.7. The first-order valence-corrected chi connectivity index (χ1v) is 7.12. The second kappa shape index (κ2) is 7.10. The minimum atomic E-state index is -0.361. The molecule has 0 bridgehead atoms. The topological polar surface area (TPSA) is 75.4 Å². The number of aliphatic hydroxyl groups excluding tert-OH is 1. The largest absolute Gasteiger partial charge is 0.391 e. The Hall–Kier alpha value is -0.610. The van der Waals surface area contributed by atoms with Crippen LogP contribution in [0.5, 0.6) is 0 Å². The number of aliphatic hydroxyl groups is 1. The molecule has 0 aromatic rings. The average molecular weight is 256 g/mol. The molecule has 1 amide bonds. The quantitative estimate of drug-likeness (QED) is 0.675. The molecule has 1 aliphatic rings. The molecule has 2 unspecified atom stereocenters. The Morgan fingerprint density at radius 1 is 1.33 bits per heavy atom. The summed E-state index contributed by atoms with van der Waals surface area (Å²) in [6.45, 7) is 4.95. The van der Waals surface area contributed by atoms with Crippen molar-refractivity contribution in [1.29, 1.82) is 0 Å². The van der Waals surface area contributed by atoms with Crippen molar-refractivity contribution in [2.75, 3.05) is 6.54 Å². The van der Waals surface area contributed by atoms with Gasteiger partial charge in [0, 0.05) is 6.42 Å². The van der Waals surface area contributed by atoms with Crippen molar-refractivity contribution in [2.45, 2.75) is 70.9 Å². The van der Waals surface area contributed by atoms with Gasteiger partial charge < -0.3 is 16.2 Å². The summed E-state index contributed by atoms with van der Waals surface area (Å²) < 4.78 is 0. The SMILES string of the molecule is CC(C)(CCN)CCC(=O)NC1CCCCC1O. The van der Waals surface area contributed by atoms with Crippen LogP contribution in [-0.4, -0.2) is 29.7 Å². The lowest BCUT2D eigenvalue weighted by Crippen LogP contribution is -2.45. The fourth-order valence-corrected chi connectivity index (χ4v) is 2.53. The van der Waals surface area contributed by atoms with Gasteiger partial charge in [-0.15, -0.1) is 0 Å². The lowest BCUT2D eigenvalue weighted by atomic mass is 9.84. The van der Waals surface area contributed by atoms with Crippen molar-refractivity contribution in [3.63, 3.8) is 0 Å². The maximum Gasteiger partial charge on any atom is 0.220 e. The van der Waals surface area contributed by atoms with E-state index < -0.39 is 0 Å². The summed E-state index contributed by atoms with van der Waals surface area (Å²) in [5.41, 5.74) is 5.68. The van der Waals surface area contributed by atoms with Gasteiger partial charge in [-0.1, -0.05) is 26.7 Å². The molecule has 4 nitrogen and oxygen atoms in total. The summed E-state index contributed by atoms with van der Waals surface area (Å²) >= 11 is 0. The molecule has 1 rings (SSSR count). The second-order valence-electron chi connectivity index (χ2n) is 6.23. The van der Waals surface area contributed by atoms with E-state index in [9.17, 15) is 9.90 Å². The Bertz CT molecular complexity index is 267. The maximum atomic E-state index is 11.9. The zero-order chi connectivity index (χ0) is 13.6. The van der Waals surface area contributed by atoms with Crippen molar-refractivity contribution in [1.82, 2.24) is 5.32 Å². The van der Waals surface area contributed by atoms with Gasteiger partial charge in [0.2, 0.25) is 5.91 Å². The van der Waals surface area contributed by atoms with Crippen molar-refractivity contribution in [2.24, 2.45) is 11.1 Å². The van der Waals surface area contributed by atoms with Crippen LogP contribution in [0.4, 0.5) is 0 Å². The normalized spacial score (nSPS) is 24.9. The molecular weight excluding hydrogens is 228 g/mol. The highest BCUT2D eigenvalue weighted by Crippen LogP contribution is 2.26. The molecule has 0 radical (unpaired) electrons. The smallest absolute Gasteiger partial charge is 0.220 e. The molecule has 4 N–H and O–H groups in total. The summed E-state index contributed by atoms with van der Waals surface area (Å²) in [7, 11) is 0. The first-order valence-electron chi connectivity index (χ1n) is 7.12. The maximum absolute atomic E-state index is 11.9. The van der Waals surface area contributed by atoms with Gasteiger partial charge in [0.25, 0.3) is 0 Å². The van der Waals surface area contributed by atoms with E-state index in [4.69, 9.17) is 5.73 Å². The number of hydrogen-bond donors (Lipinski definition) is 3. The number of carbonyl (C=O) groups is 1. The van der Waals surface area contributed by atoms with Gasteiger partial charge in [0.05, 0.1) is 12.1 Å². The molecule has 4 heteroatoms. The Balaban J connectivity index is 2.28. The van der Waals surface area contributed by atoms with Crippen LogP contribution >= 0.6 is 0 Å². The molecule has 1 fully saturated rings. The Morgan fingerprint density at radius 2 is 2.00 bits per heavy atom. The Kier molecular flexibility index (Phi) is 6.09. The standard InChI is InChI=1S/C14H28N2O2/c1-14(2,9-10-15)8-7-13(18)16-11-5-3-4-6-12(11)17/h11-12,17H,3-10,15H2,1-2H3,(H,16,18). The third kappa shape index (κ3) is 5.36. The van der Waals surface area contributed by atoms with E-state index in [0.717, 1.165) is 38.5 Å². The molecule has 0 saturated heterocycles. The van der Waals surface area contributed by atoms with Crippen molar-refractivity contribution < 1.29 is 9.90 Å². The second-order valence-corrected chi connectivity index (χ2v) is 6.23. The van der Waals surface area contributed by atoms with Gasteiger partial charge in [-0.25, -0.2) is 0 Å². The van der Waals surface area contributed by atoms with Gasteiger partial charge in [-0.05, 0) is 37.6 Å². The molecule has 2 atom stereocenters. The first-order chi connectivity index (χ1) is 8.44. The van der Waals surface area contributed by atoms with E-state index in [1.165, 1.54) is 0 Å². The van der Waals surface area contributed by atoms with Crippen molar-refractivity contribution in [3.8, 4) is 0 Å². The number of hydrogen-bond acceptors (Lipinski definition) is 3.